The Morgan fingerprint density at radius 2 is 2.60 bits per heavy atom. The van der Waals surface area contributed by atoms with E-state index in [-0.39, 0.29) is 6.54 Å². The summed E-state index contributed by atoms with van der Waals surface area (Å²) in [5.41, 5.74) is 5.11. The molecule has 1 atom stereocenters. The number of alkyl halides is 1. The Balaban J connectivity index is 2.44. The first-order chi connectivity index (χ1) is 4.84. The summed E-state index contributed by atoms with van der Waals surface area (Å²) >= 11 is 0. The van der Waals surface area contributed by atoms with E-state index in [9.17, 15) is 4.39 Å². The van der Waals surface area contributed by atoms with Crippen LogP contribution in [0.15, 0.2) is 11.8 Å². The molecule has 0 amide bonds. The highest BCUT2D eigenvalue weighted by Crippen LogP contribution is 2.14. The summed E-state index contributed by atoms with van der Waals surface area (Å²) in [5.74, 6) is 0.425. The Labute approximate surface area is 59.9 Å². The molecule has 0 saturated carbocycles. The van der Waals surface area contributed by atoms with Crippen LogP contribution in [0.25, 0.3) is 0 Å². The molecule has 0 aromatic heterocycles. The van der Waals surface area contributed by atoms with Crippen LogP contribution in [0.2, 0.25) is 0 Å². The zero-order valence-corrected chi connectivity index (χ0v) is 5.85. The maximum Gasteiger partial charge on any atom is 0.169 e. The van der Waals surface area contributed by atoms with E-state index in [1.807, 2.05) is 0 Å². The molecule has 0 saturated heterocycles. The largest absolute Gasteiger partial charge is 0.495 e. The van der Waals surface area contributed by atoms with Gasteiger partial charge in [0.1, 0.15) is 5.76 Å². The summed E-state index contributed by atoms with van der Waals surface area (Å²) in [6.45, 7) is 0.651. The van der Waals surface area contributed by atoms with Crippen LogP contribution < -0.4 is 5.73 Å². The second-order valence-corrected chi connectivity index (χ2v) is 2.30. The van der Waals surface area contributed by atoms with Gasteiger partial charge in [0.05, 0.1) is 6.61 Å². The van der Waals surface area contributed by atoms with Gasteiger partial charge in [0.2, 0.25) is 0 Å². The Morgan fingerprint density at radius 3 is 3.10 bits per heavy atom. The molecule has 2 nitrogen and oxygen atoms in total. The van der Waals surface area contributed by atoms with Crippen molar-refractivity contribution in [3.63, 3.8) is 0 Å². The Hall–Kier alpha value is -0.570. The molecule has 2 N–H and O–H groups in total. The number of hydrogen-bond donors (Lipinski definition) is 1. The molecular formula is C7H12FNO. The number of hydrogen-bond acceptors (Lipinski definition) is 2. The van der Waals surface area contributed by atoms with Gasteiger partial charge in [-0.3, -0.25) is 0 Å². The summed E-state index contributed by atoms with van der Waals surface area (Å²) in [6.07, 6.45) is 2.58. The van der Waals surface area contributed by atoms with Gasteiger partial charge >= 0.3 is 0 Å². The standard InChI is InChI=1S/C7H12FNO/c8-6(5-9)7-3-1-2-4-10-7/h3,6H,1-2,4-5,9H2. The molecule has 1 unspecified atom stereocenters. The molecule has 3 heteroatoms. The quantitative estimate of drug-likeness (QED) is 0.628. The van der Waals surface area contributed by atoms with Crippen molar-refractivity contribution in [2.24, 2.45) is 5.73 Å². The lowest BCUT2D eigenvalue weighted by Gasteiger charge is -2.16. The lowest BCUT2D eigenvalue weighted by Crippen LogP contribution is -2.21. The first-order valence-corrected chi connectivity index (χ1v) is 3.51. The average Bonchev–Trinajstić information content (AvgIpc) is 2.05. The third kappa shape index (κ3) is 1.70. The van der Waals surface area contributed by atoms with Gasteiger partial charge in [-0.2, -0.15) is 0 Å². The fraction of sp³-hybridized carbons (Fsp3) is 0.714. The first kappa shape index (κ1) is 7.54. The van der Waals surface area contributed by atoms with Gasteiger partial charge in [-0.05, 0) is 18.9 Å². The zero-order chi connectivity index (χ0) is 7.40. The minimum Gasteiger partial charge on any atom is -0.495 e. The monoisotopic (exact) mass is 145 g/mol. The van der Waals surface area contributed by atoms with Crippen LogP contribution in [0.5, 0.6) is 0 Å². The topological polar surface area (TPSA) is 35.2 Å². The summed E-state index contributed by atoms with van der Waals surface area (Å²) in [4.78, 5) is 0. The molecule has 1 aliphatic heterocycles. The van der Waals surface area contributed by atoms with Gasteiger partial charge in [-0.15, -0.1) is 0 Å². The summed E-state index contributed by atoms with van der Waals surface area (Å²) < 4.78 is 17.7. The minimum absolute atomic E-state index is 0.0197. The van der Waals surface area contributed by atoms with Crippen LogP contribution >= 0.6 is 0 Å². The molecule has 0 aromatic carbocycles. The van der Waals surface area contributed by atoms with Gasteiger partial charge in [-0.25, -0.2) is 4.39 Å². The van der Waals surface area contributed by atoms with E-state index in [2.05, 4.69) is 0 Å². The van der Waals surface area contributed by atoms with Crippen molar-refractivity contribution in [2.45, 2.75) is 19.0 Å². The smallest absolute Gasteiger partial charge is 0.169 e. The molecule has 0 radical (unpaired) electrons. The maximum atomic E-state index is 12.7. The predicted molar refractivity (Wildman–Crippen MR) is 37.2 cm³/mol. The van der Waals surface area contributed by atoms with E-state index in [4.69, 9.17) is 10.5 Å². The normalized spacial score (nSPS) is 21.2. The SMILES string of the molecule is NCC(F)C1=CCCCO1. The van der Waals surface area contributed by atoms with Crippen molar-refractivity contribution in [1.82, 2.24) is 0 Å². The van der Waals surface area contributed by atoms with Crippen LogP contribution in [0, 0.1) is 0 Å². The summed E-state index contributed by atoms with van der Waals surface area (Å²) in [7, 11) is 0. The van der Waals surface area contributed by atoms with Crippen molar-refractivity contribution >= 4 is 0 Å². The van der Waals surface area contributed by atoms with E-state index < -0.39 is 6.17 Å². The third-order valence-corrected chi connectivity index (χ3v) is 1.48. The number of ether oxygens (including phenoxy) is 1. The molecule has 1 rings (SSSR count). The molecule has 0 aliphatic carbocycles. The van der Waals surface area contributed by atoms with Crippen molar-refractivity contribution in [3.05, 3.63) is 11.8 Å². The summed E-state index contributed by atoms with van der Waals surface area (Å²) in [5, 5.41) is 0. The fourth-order valence-electron chi connectivity index (χ4n) is 0.911. The van der Waals surface area contributed by atoms with Crippen LogP contribution in [-0.4, -0.2) is 19.3 Å². The molecular weight excluding hydrogens is 133 g/mol. The van der Waals surface area contributed by atoms with E-state index in [1.165, 1.54) is 0 Å². The van der Waals surface area contributed by atoms with E-state index in [1.54, 1.807) is 6.08 Å². The van der Waals surface area contributed by atoms with Gasteiger partial charge in [-0.1, -0.05) is 0 Å². The van der Waals surface area contributed by atoms with Gasteiger partial charge in [0.25, 0.3) is 0 Å². The van der Waals surface area contributed by atoms with Gasteiger partial charge < -0.3 is 10.5 Å². The Bertz CT molecular complexity index is 136. The number of halogens is 1. The highest BCUT2D eigenvalue weighted by molar-refractivity contribution is 5.02. The lowest BCUT2D eigenvalue weighted by molar-refractivity contribution is 0.142. The maximum absolute atomic E-state index is 12.7. The van der Waals surface area contributed by atoms with E-state index in [0.717, 1.165) is 12.8 Å². The molecule has 1 heterocycles. The van der Waals surface area contributed by atoms with Crippen LogP contribution in [0.1, 0.15) is 12.8 Å². The third-order valence-electron chi connectivity index (χ3n) is 1.48. The van der Waals surface area contributed by atoms with Gasteiger partial charge in [0, 0.05) is 6.54 Å². The second-order valence-electron chi connectivity index (χ2n) is 2.30. The summed E-state index contributed by atoms with van der Waals surface area (Å²) in [6, 6.07) is 0. The highest BCUT2D eigenvalue weighted by atomic mass is 19.1. The fourth-order valence-corrected chi connectivity index (χ4v) is 0.911. The Kier molecular flexibility index (Phi) is 2.68. The van der Waals surface area contributed by atoms with Crippen molar-refractivity contribution in [3.8, 4) is 0 Å². The first-order valence-electron chi connectivity index (χ1n) is 3.51. The molecule has 0 spiro atoms. The lowest BCUT2D eigenvalue weighted by atomic mass is 10.2. The molecule has 0 bridgehead atoms. The highest BCUT2D eigenvalue weighted by Gasteiger charge is 2.14. The minimum atomic E-state index is -1.10. The molecule has 0 fully saturated rings. The molecule has 1 aliphatic rings. The number of nitrogens with two attached hydrogens (primary N) is 1. The second kappa shape index (κ2) is 3.56. The van der Waals surface area contributed by atoms with Crippen LogP contribution in [-0.2, 0) is 4.74 Å². The number of allylic oxidation sites excluding steroid dienone is 1. The van der Waals surface area contributed by atoms with Crippen molar-refractivity contribution < 1.29 is 9.13 Å². The van der Waals surface area contributed by atoms with Crippen LogP contribution in [0.4, 0.5) is 4.39 Å². The van der Waals surface area contributed by atoms with Gasteiger partial charge in [0.15, 0.2) is 6.17 Å². The van der Waals surface area contributed by atoms with E-state index in [0.29, 0.717) is 12.4 Å². The molecule has 58 valence electrons. The van der Waals surface area contributed by atoms with E-state index >= 15 is 0 Å². The predicted octanol–water partition coefficient (Wildman–Crippen LogP) is 0.977. The molecule has 0 aromatic rings. The van der Waals surface area contributed by atoms with Crippen molar-refractivity contribution in [1.29, 1.82) is 0 Å². The Morgan fingerprint density at radius 1 is 1.80 bits per heavy atom. The van der Waals surface area contributed by atoms with Crippen molar-refractivity contribution in [2.75, 3.05) is 13.2 Å². The van der Waals surface area contributed by atoms with Crippen LogP contribution in [0.3, 0.4) is 0 Å². The zero-order valence-electron chi connectivity index (χ0n) is 5.85. The number of rotatable bonds is 2. The molecule has 10 heavy (non-hydrogen) atoms. The average molecular weight is 145 g/mol.